The average Bonchev–Trinajstić information content (AvgIpc) is 3.09. The Kier molecular flexibility index (Phi) is 5.45. The van der Waals surface area contributed by atoms with E-state index in [4.69, 9.17) is 0 Å². The first kappa shape index (κ1) is 17.3. The zero-order chi connectivity index (χ0) is 17.0. The van der Waals surface area contributed by atoms with Gasteiger partial charge >= 0.3 is 0 Å². The summed E-state index contributed by atoms with van der Waals surface area (Å²) in [5, 5.41) is 3.91. The molecule has 0 aliphatic heterocycles. The molecule has 4 nitrogen and oxygen atoms in total. The molecule has 0 aliphatic rings. The van der Waals surface area contributed by atoms with E-state index in [1.165, 1.54) is 4.31 Å². The van der Waals surface area contributed by atoms with Crippen LogP contribution in [0.5, 0.6) is 0 Å². The summed E-state index contributed by atoms with van der Waals surface area (Å²) in [5.74, 6) is 0. The topological polar surface area (TPSA) is 50.3 Å². The summed E-state index contributed by atoms with van der Waals surface area (Å²) in [6, 6.07) is 14.1. The molecule has 2 heterocycles. The van der Waals surface area contributed by atoms with Crippen LogP contribution in [0.2, 0.25) is 0 Å². The molecular formula is C17H15BrN2O2S2. The van der Waals surface area contributed by atoms with E-state index in [0.29, 0.717) is 12.2 Å². The van der Waals surface area contributed by atoms with Gasteiger partial charge in [0.25, 0.3) is 0 Å². The Bertz CT molecular complexity index is 880. The third-order valence-corrected chi connectivity index (χ3v) is 6.52. The van der Waals surface area contributed by atoms with Gasteiger partial charge in [-0.2, -0.15) is 15.6 Å². The van der Waals surface area contributed by atoms with Crippen molar-refractivity contribution in [3.8, 4) is 0 Å². The Morgan fingerprint density at radius 1 is 1.04 bits per heavy atom. The molecule has 3 rings (SSSR count). The molecular weight excluding hydrogens is 408 g/mol. The van der Waals surface area contributed by atoms with Gasteiger partial charge in [0.05, 0.1) is 17.1 Å². The van der Waals surface area contributed by atoms with Crippen LogP contribution >= 0.6 is 27.3 Å². The van der Waals surface area contributed by atoms with Crippen LogP contribution in [-0.2, 0) is 23.1 Å². The SMILES string of the molecule is O=S(=O)(c1ccc(Br)cc1)N(Cc1ccsc1)Cc1ccccn1. The van der Waals surface area contributed by atoms with Gasteiger partial charge in [0.2, 0.25) is 10.0 Å². The number of sulfonamides is 1. The summed E-state index contributed by atoms with van der Waals surface area (Å²) >= 11 is 4.89. The molecule has 0 radical (unpaired) electrons. The van der Waals surface area contributed by atoms with E-state index in [9.17, 15) is 8.42 Å². The minimum atomic E-state index is -3.61. The Morgan fingerprint density at radius 2 is 1.83 bits per heavy atom. The first-order chi connectivity index (χ1) is 11.6. The van der Waals surface area contributed by atoms with Crippen molar-refractivity contribution in [1.29, 1.82) is 0 Å². The van der Waals surface area contributed by atoms with E-state index in [1.54, 1.807) is 41.8 Å². The van der Waals surface area contributed by atoms with E-state index in [2.05, 4.69) is 20.9 Å². The van der Waals surface area contributed by atoms with Gasteiger partial charge in [0, 0.05) is 17.2 Å². The number of hydrogen-bond donors (Lipinski definition) is 0. The van der Waals surface area contributed by atoms with Crippen molar-refractivity contribution >= 4 is 37.3 Å². The van der Waals surface area contributed by atoms with Crippen LogP contribution in [0.25, 0.3) is 0 Å². The zero-order valence-corrected chi connectivity index (χ0v) is 15.9. The molecule has 1 aromatic carbocycles. The predicted molar refractivity (Wildman–Crippen MR) is 99.1 cm³/mol. The van der Waals surface area contributed by atoms with Crippen LogP contribution in [0.1, 0.15) is 11.3 Å². The lowest BCUT2D eigenvalue weighted by Gasteiger charge is -2.21. The highest BCUT2D eigenvalue weighted by Crippen LogP contribution is 2.23. The highest BCUT2D eigenvalue weighted by atomic mass is 79.9. The van der Waals surface area contributed by atoms with E-state index in [0.717, 1.165) is 10.0 Å². The second-order valence-electron chi connectivity index (χ2n) is 5.18. The van der Waals surface area contributed by atoms with Crippen molar-refractivity contribution in [1.82, 2.24) is 9.29 Å². The maximum absolute atomic E-state index is 13.1. The van der Waals surface area contributed by atoms with Gasteiger partial charge in [-0.05, 0) is 58.8 Å². The number of nitrogens with zero attached hydrogens (tertiary/aromatic N) is 2. The Hall–Kier alpha value is -1.54. The minimum Gasteiger partial charge on any atom is -0.260 e. The first-order valence-corrected chi connectivity index (χ1v) is 10.4. The number of benzene rings is 1. The van der Waals surface area contributed by atoms with Gasteiger partial charge in [0.15, 0.2) is 0 Å². The van der Waals surface area contributed by atoms with Crippen molar-refractivity contribution in [2.45, 2.75) is 18.0 Å². The van der Waals surface area contributed by atoms with E-state index >= 15 is 0 Å². The number of hydrogen-bond acceptors (Lipinski definition) is 4. The predicted octanol–water partition coefficient (Wildman–Crippen LogP) is 4.30. The zero-order valence-electron chi connectivity index (χ0n) is 12.7. The fourth-order valence-corrected chi connectivity index (χ4v) is 4.56. The number of pyridine rings is 1. The molecule has 0 spiro atoms. The molecule has 124 valence electrons. The molecule has 24 heavy (non-hydrogen) atoms. The Labute approximate surface area is 154 Å². The maximum atomic E-state index is 13.1. The van der Waals surface area contributed by atoms with Crippen molar-refractivity contribution in [2.24, 2.45) is 0 Å². The Morgan fingerprint density at radius 3 is 2.46 bits per heavy atom. The number of rotatable bonds is 6. The average molecular weight is 423 g/mol. The highest BCUT2D eigenvalue weighted by Gasteiger charge is 2.25. The lowest BCUT2D eigenvalue weighted by atomic mass is 10.3. The fraction of sp³-hybridized carbons (Fsp3) is 0.118. The summed E-state index contributed by atoms with van der Waals surface area (Å²) in [5.41, 5.74) is 1.69. The summed E-state index contributed by atoms with van der Waals surface area (Å²) in [6.07, 6.45) is 1.67. The van der Waals surface area contributed by atoms with Crippen LogP contribution in [0, 0.1) is 0 Å². The van der Waals surface area contributed by atoms with Crippen molar-refractivity contribution in [3.63, 3.8) is 0 Å². The summed E-state index contributed by atoms with van der Waals surface area (Å²) in [6.45, 7) is 0.549. The summed E-state index contributed by atoms with van der Waals surface area (Å²) in [4.78, 5) is 4.53. The molecule has 0 saturated heterocycles. The smallest absolute Gasteiger partial charge is 0.243 e. The molecule has 0 fully saturated rings. The second kappa shape index (κ2) is 7.57. The summed E-state index contributed by atoms with van der Waals surface area (Å²) in [7, 11) is -3.61. The minimum absolute atomic E-state index is 0.231. The number of aromatic nitrogens is 1. The molecule has 0 N–H and O–H groups in total. The maximum Gasteiger partial charge on any atom is 0.243 e. The second-order valence-corrected chi connectivity index (χ2v) is 8.81. The highest BCUT2D eigenvalue weighted by molar-refractivity contribution is 9.10. The van der Waals surface area contributed by atoms with Gasteiger partial charge < -0.3 is 0 Å². The first-order valence-electron chi connectivity index (χ1n) is 7.22. The number of thiophene rings is 1. The molecule has 3 aromatic rings. The molecule has 0 atom stereocenters. The van der Waals surface area contributed by atoms with Gasteiger partial charge in [-0.1, -0.05) is 22.0 Å². The molecule has 0 aliphatic carbocycles. The van der Waals surface area contributed by atoms with Gasteiger partial charge in [-0.25, -0.2) is 8.42 Å². The molecule has 2 aromatic heterocycles. The molecule has 0 bridgehead atoms. The van der Waals surface area contributed by atoms with E-state index in [-0.39, 0.29) is 11.4 Å². The standard InChI is InChI=1S/C17H15BrN2O2S2/c18-15-4-6-17(7-5-15)24(21,22)20(11-14-8-10-23-13-14)12-16-3-1-2-9-19-16/h1-10,13H,11-12H2. The van der Waals surface area contributed by atoms with Crippen LogP contribution in [0.3, 0.4) is 0 Å². The van der Waals surface area contributed by atoms with Crippen molar-refractivity contribution in [2.75, 3.05) is 0 Å². The van der Waals surface area contributed by atoms with E-state index in [1.807, 2.05) is 35.0 Å². The third kappa shape index (κ3) is 4.10. The normalized spacial score (nSPS) is 11.8. The molecule has 0 saturated carbocycles. The van der Waals surface area contributed by atoms with Crippen LogP contribution in [0.15, 0.2) is 74.9 Å². The van der Waals surface area contributed by atoms with Gasteiger partial charge in [0.1, 0.15) is 0 Å². The van der Waals surface area contributed by atoms with Crippen LogP contribution < -0.4 is 0 Å². The lowest BCUT2D eigenvalue weighted by molar-refractivity contribution is 0.397. The van der Waals surface area contributed by atoms with E-state index < -0.39 is 10.0 Å². The molecule has 0 amide bonds. The summed E-state index contributed by atoms with van der Waals surface area (Å²) < 4.78 is 28.4. The molecule has 0 unspecified atom stereocenters. The monoisotopic (exact) mass is 422 g/mol. The van der Waals surface area contributed by atoms with Crippen molar-refractivity contribution < 1.29 is 8.42 Å². The van der Waals surface area contributed by atoms with Gasteiger partial charge in [-0.15, -0.1) is 0 Å². The molecule has 7 heteroatoms. The van der Waals surface area contributed by atoms with Crippen LogP contribution in [0.4, 0.5) is 0 Å². The fourth-order valence-electron chi connectivity index (χ4n) is 2.24. The van der Waals surface area contributed by atoms with Crippen molar-refractivity contribution in [3.05, 3.63) is 81.2 Å². The lowest BCUT2D eigenvalue weighted by Crippen LogP contribution is -2.30. The largest absolute Gasteiger partial charge is 0.260 e. The third-order valence-electron chi connectivity index (χ3n) is 3.45. The quantitative estimate of drug-likeness (QED) is 0.594. The Balaban J connectivity index is 1.94. The van der Waals surface area contributed by atoms with Gasteiger partial charge in [-0.3, -0.25) is 4.98 Å². The van der Waals surface area contributed by atoms with Crippen LogP contribution in [-0.4, -0.2) is 17.7 Å². The number of halogens is 1.